The molecule has 2 heterocycles. The molecular formula is C25H39FN6O3. The molecule has 0 bridgehead atoms. The van der Waals surface area contributed by atoms with Crippen molar-refractivity contribution >= 4 is 5.91 Å². The second-order valence-electron chi connectivity index (χ2n) is 9.83. The van der Waals surface area contributed by atoms with Gasteiger partial charge in [-0.25, -0.2) is 9.07 Å². The Morgan fingerprint density at radius 1 is 1.37 bits per heavy atom. The molecule has 1 amide bonds. The molecule has 194 valence electrons. The number of rotatable bonds is 12. The van der Waals surface area contributed by atoms with E-state index in [1.807, 2.05) is 4.90 Å². The van der Waals surface area contributed by atoms with Crippen LogP contribution in [0.1, 0.15) is 56.3 Å². The van der Waals surface area contributed by atoms with E-state index in [0.29, 0.717) is 56.0 Å². The van der Waals surface area contributed by atoms with Crippen molar-refractivity contribution in [1.29, 1.82) is 0 Å². The Kier molecular flexibility index (Phi) is 9.73. The van der Waals surface area contributed by atoms with E-state index >= 15 is 0 Å². The molecule has 1 unspecified atom stereocenters. The van der Waals surface area contributed by atoms with E-state index < -0.39 is 6.23 Å². The number of nitrogens with two attached hydrogens (primary N) is 1. The van der Waals surface area contributed by atoms with Crippen molar-refractivity contribution in [2.75, 3.05) is 33.4 Å². The second-order valence-corrected chi connectivity index (χ2v) is 9.83. The van der Waals surface area contributed by atoms with E-state index in [1.54, 1.807) is 30.8 Å². The van der Waals surface area contributed by atoms with Gasteiger partial charge in [0.1, 0.15) is 11.5 Å². The Morgan fingerprint density at radius 2 is 2.14 bits per heavy atom. The topological polar surface area (TPSA) is 119 Å². The number of aliphatic hydroxyl groups is 1. The highest BCUT2D eigenvalue weighted by Crippen LogP contribution is 2.29. The van der Waals surface area contributed by atoms with Gasteiger partial charge in [-0.2, -0.15) is 0 Å². The molecular weight excluding hydrogens is 451 g/mol. The minimum Gasteiger partial charge on any atom is -0.385 e. The zero-order chi connectivity index (χ0) is 25.5. The maximum absolute atomic E-state index is 13.9. The van der Waals surface area contributed by atoms with Crippen LogP contribution in [0.3, 0.4) is 0 Å². The number of carbonyl (C=O) groups excluding carboxylic acids is 1. The van der Waals surface area contributed by atoms with Gasteiger partial charge in [0.15, 0.2) is 6.23 Å². The molecule has 0 saturated carbocycles. The number of primary amides is 1. The van der Waals surface area contributed by atoms with Crippen LogP contribution in [0.4, 0.5) is 4.39 Å². The van der Waals surface area contributed by atoms with Crippen molar-refractivity contribution < 1.29 is 19.0 Å². The summed E-state index contributed by atoms with van der Waals surface area (Å²) in [6, 6.07) is 4.73. The number of amides is 1. The number of methoxy groups -OCH3 is 1. The van der Waals surface area contributed by atoms with Crippen LogP contribution in [0.15, 0.2) is 18.2 Å². The third-order valence-corrected chi connectivity index (χ3v) is 6.52. The standard InChI is InChI=1S/C25H39FN6O3/c1-16(2)15-31(20-12-18(24(27)33)13-28-14-20)25(34)23-22(7-5-6-10-35-4)32(30-29-23)19-8-9-21(26)17(3)11-19/h8-9,11,16,18,20,25,28,34H,5-7,10,12-15H2,1-4H3,(H2,27,33)/t18-,20+,25?/m1/s1. The summed E-state index contributed by atoms with van der Waals surface area (Å²) in [5.41, 5.74) is 8.05. The van der Waals surface area contributed by atoms with Gasteiger partial charge in [0.25, 0.3) is 0 Å². The number of aliphatic hydroxyl groups excluding tert-OH is 1. The lowest BCUT2D eigenvalue weighted by molar-refractivity contribution is -0.124. The predicted octanol–water partition coefficient (Wildman–Crippen LogP) is 2.10. The van der Waals surface area contributed by atoms with E-state index in [9.17, 15) is 14.3 Å². The second kappa shape index (κ2) is 12.5. The number of unbranched alkanes of at least 4 members (excludes halogenated alkanes) is 1. The summed E-state index contributed by atoms with van der Waals surface area (Å²) < 4.78 is 20.8. The minimum absolute atomic E-state index is 0.0850. The van der Waals surface area contributed by atoms with Crippen molar-refractivity contribution in [3.8, 4) is 5.69 Å². The lowest BCUT2D eigenvalue weighted by Crippen LogP contribution is -2.53. The summed E-state index contributed by atoms with van der Waals surface area (Å²) in [5, 5.41) is 23.7. The molecule has 3 atom stereocenters. The SMILES string of the molecule is COCCCCc1c(C(O)N(CC(C)C)[C@@H]2CNC[C@H](C(N)=O)C2)nnn1-c1ccc(F)c(C)c1. The number of hydrogen-bond donors (Lipinski definition) is 3. The Balaban J connectivity index is 1.96. The predicted molar refractivity (Wildman–Crippen MR) is 131 cm³/mol. The zero-order valence-corrected chi connectivity index (χ0v) is 21.2. The molecule has 3 rings (SSSR count). The van der Waals surface area contributed by atoms with Crippen LogP contribution in [0.5, 0.6) is 0 Å². The van der Waals surface area contributed by atoms with Crippen LogP contribution >= 0.6 is 0 Å². The highest BCUT2D eigenvalue weighted by Gasteiger charge is 2.35. The molecule has 2 aromatic rings. The third-order valence-electron chi connectivity index (χ3n) is 6.52. The van der Waals surface area contributed by atoms with Gasteiger partial charge in [0, 0.05) is 39.4 Å². The third kappa shape index (κ3) is 6.84. The minimum atomic E-state index is -1.01. The van der Waals surface area contributed by atoms with Crippen molar-refractivity contribution in [2.24, 2.45) is 17.6 Å². The maximum Gasteiger partial charge on any atom is 0.221 e. The van der Waals surface area contributed by atoms with Gasteiger partial charge >= 0.3 is 0 Å². The summed E-state index contributed by atoms with van der Waals surface area (Å²) in [4.78, 5) is 13.9. The first kappa shape index (κ1) is 27.2. The molecule has 9 nitrogen and oxygen atoms in total. The fourth-order valence-electron chi connectivity index (χ4n) is 4.67. The molecule has 4 N–H and O–H groups in total. The monoisotopic (exact) mass is 490 g/mol. The fraction of sp³-hybridized carbons (Fsp3) is 0.640. The molecule has 0 spiro atoms. The van der Waals surface area contributed by atoms with Crippen LogP contribution < -0.4 is 11.1 Å². The largest absolute Gasteiger partial charge is 0.385 e. The molecule has 35 heavy (non-hydrogen) atoms. The molecule has 1 aromatic heterocycles. The molecule has 0 radical (unpaired) electrons. The summed E-state index contributed by atoms with van der Waals surface area (Å²) in [5.74, 6) is -0.633. The summed E-state index contributed by atoms with van der Waals surface area (Å²) >= 11 is 0. The Morgan fingerprint density at radius 3 is 2.80 bits per heavy atom. The number of aryl methyl sites for hydroxylation is 1. The van der Waals surface area contributed by atoms with E-state index in [4.69, 9.17) is 10.5 Å². The van der Waals surface area contributed by atoms with Gasteiger partial charge in [-0.15, -0.1) is 5.10 Å². The number of halogens is 1. The van der Waals surface area contributed by atoms with E-state index in [2.05, 4.69) is 29.5 Å². The van der Waals surface area contributed by atoms with Crippen LogP contribution in [-0.2, 0) is 16.0 Å². The van der Waals surface area contributed by atoms with Crippen molar-refractivity contribution in [2.45, 2.75) is 58.7 Å². The summed E-state index contributed by atoms with van der Waals surface area (Å²) in [7, 11) is 1.67. The van der Waals surface area contributed by atoms with Gasteiger partial charge in [0.2, 0.25) is 5.91 Å². The highest BCUT2D eigenvalue weighted by atomic mass is 19.1. The summed E-state index contributed by atoms with van der Waals surface area (Å²) in [6.45, 7) is 8.32. The number of nitrogens with zero attached hydrogens (tertiary/aromatic N) is 4. The Hall–Kier alpha value is -2.40. The number of carbonyl (C=O) groups is 1. The average Bonchev–Trinajstić information content (AvgIpc) is 3.25. The van der Waals surface area contributed by atoms with Gasteiger partial charge in [0.05, 0.1) is 17.3 Å². The van der Waals surface area contributed by atoms with Crippen LogP contribution in [0.2, 0.25) is 0 Å². The molecule has 1 fully saturated rings. The number of nitrogens with one attached hydrogen (secondary N) is 1. The van der Waals surface area contributed by atoms with E-state index in [0.717, 1.165) is 18.5 Å². The first-order valence-corrected chi connectivity index (χ1v) is 12.4. The molecule has 1 aliphatic rings. The zero-order valence-electron chi connectivity index (χ0n) is 21.2. The van der Waals surface area contributed by atoms with Crippen LogP contribution in [0, 0.1) is 24.6 Å². The number of hydrogen-bond acceptors (Lipinski definition) is 7. The Labute approximate surface area is 206 Å². The Bertz CT molecular complexity index is 982. The van der Waals surface area contributed by atoms with Gasteiger partial charge in [-0.1, -0.05) is 19.1 Å². The molecule has 10 heteroatoms. The van der Waals surface area contributed by atoms with Crippen molar-refractivity contribution in [3.05, 3.63) is 41.0 Å². The lowest BCUT2D eigenvalue weighted by Gasteiger charge is -2.40. The molecule has 1 aromatic carbocycles. The van der Waals surface area contributed by atoms with Gasteiger partial charge in [-0.05, 0) is 62.3 Å². The molecule has 0 aliphatic carbocycles. The van der Waals surface area contributed by atoms with Crippen molar-refractivity contribution in [1.82, 2.24) is 25.2 Å². The van der Waals surface area contributed by atoms with Crippen molar-refractivity contribution in [3.63, 3.8) is 0 Å². The average molecular weight is 491 g/mol. The smallest absolute Gasteiger partial charge is 0.221 e. The van der Waals surface area contributed by atoms with E-state index in [-0.39, 0.29) is 29.6 Å². The fourth-order valence-corrected chi connectivity index (χ4v) is 4.67. The molecule has 1 saturated heterocycles. The number of piperidine rings is 1. The lowest BCUT2D eigenvalue weighted by atomic mass is 9.93. The number of benzene rings is 1. The van der Waals surface area contributed by atoms with Gasteiger partial charge < -0.3 is 20.9 Å². The van der Waals surface area contributed by atoms with Gasteiger partial charge in [-0.3, -0.25) is 9.69 Å². The quantitative estimate of drug-likeness (QED) is 0.308. The summed E-state index contributed by atoms with van der Waals surface area (Å²) in [6.07, 6.45) is 1.85. The first-order valence-electron chi connectivity index (χ1n) is 12.4. The maximum atomic E-state index is 13.9. The normalized spacial score (nSPS) is 19.4. The highest BCUT2D eigenvalue weighted by molar-refractivity contribution is 5.77. The number of ether oxygens (including phenoxy) is 1. The number of aromatic nitrogens is 3. The first-order chi connectivity index (χ1) is 16.7. The molecule has 1 aliphatic heterocycles. The van der Waals surface area contributed by atoms with E-state index in [1.165, 1.54) is 6.07 Å². The van der Waals surface area contributed by atoms with Crippen LogP contribution in [-0.4, -0.2) is 70.3 Å². The van der Waals surface area contributed by atoms with Crippen LogP contribution in [0.25, 0.3) is 5.69 Å².